The van der Waals surface area contributed by atoms with Gasteiger partial charge in [0.1, 0.15) is 5.75 Å². The summed E-state index contributed by atoms with van der Waals surface area (Å²) in [6, 6.07) is 4.77. The van der Waals surface area contributed by atoms with Crippen LogP contribution in [0, 0.1) is 0 Å². The molecule has 0 aliphatic carbocycles. The van der Waals surface area contributed by atoms with E-state index in [2.05, 4.69) is 10.6 Å². The number of ether oxygens (including phenoxy) is 1. The summed E-state index contributed by atoms with van der Waals surface area (Å²) in [6.45, 7) is 0.315. The number of carboxylic acid groups (broad SMARTS) is 1. The van der Waals surface area contributed by atoms with E-state index in [9.17, 15) is 14.4 Å². The average molecular weight is 310 g/mol. The summed E-state index contributed by atoms with van der Waals surface area (Å²) in [5.74, 6) is -0.371. The molecule has 0 bridgehead atoms. The minimum absolute atomic E-state index is 0.0161. The lowest BCUT2D eigenvalue weighted by atomic mass is 10.1. The predicted octanol–water partition coefficient (Wildman–Crippen LogP) is 0.565. The minimum atomic E-state index is -0.875. The Hall–Kier alpha value is -2.22. The zero-order chi connectivity index (χ0) is 15.2. The molecule has 0 radical (unpaired) electrons. The molecule has 2 amide bonds. The number of rotatable bonds is 6. The molecule has 21 heavy (non-hydrogen) atoms. The van der Waals surface area contributed by atoms with Gasteiger partial charge in [-0.1, -0.05) is 0 Å². The molecule has 1 heterocycles. The number of thioether (sulfide) groups is 1. The van der Waals surface area contributed by atoms with Gasteiger partial charge in [-0.3, -0.25) is 14.4 Å². The van der Waals surface area contributed by atoms with Crippen molar-refractivity contribution in [1.82, 2.24) is 5.32 Å². The van der Waals surface area contributed by atoms with Crippen molar-refractivity contribution < 1.29 is 24.2 Å². The van der Waals surface area contributed by atoms with Crippen LogP contribution in [0.5, 0.6) is 5.75 Å². The molecule has 7 nitrogen and oxygen atoms in total. The molecule has 0 fully saturated rings. The number of amides is 2. The monoisotopic (exact) mass is 310 g/mol. The Morgan fingerprint density at radius 3 is 3.00 bits per heavy atom. The first kappa shape index (κ1) is 15.2. The van der Waals surface area contributed by atoms with Crippen molar-refractivity contribution >= 4 is 35.2 Å². The van der Waals surface area contributed by atoms with Crippen molar-refractivity contribution in [2.75, 3.05) is 30.0 Å². The number of nitrogens with one attached hydrogen (secondary N) is 2. The molecule has 1 aromatic carbocycles. The Morgan fingerprint density at radius 1 is 1.43 bits per heavy atom. The highest BCUT2D eigenvalue weighted by Crippen LogP contribution is 2.28. The normalized spacial score (nSPS) is 12.9. The molecular weight excluding hydrogens is 296 g/mol. The largest absolute Gasteiger partial charge is 0.482 e. The second kappa shape index (κ2) is 6.98. The van der Waals surface area contributed by atoms with E-state index in [1.165, 1.54) is 11.8 Å². The van der Waals surface area contributed by atoms with Crippen LogP contribution < -0.4 is 15.4 Å². The Labute approximate surface area is 125 Å². The van der Waals surface area contributed by atoms with Gasteiger partial charge in [0.2, 0.25) is 0 Å². The second-order valence-electron chi connectivity index (χ2n) is 4.25. The van der Waals surface area contributed by atoms with Gasteiger partial charge in [-0.15, -0.1) is 11.8 Å². The fraction of sp³-hybridized carbons (Fsp3) is 0.308. The van der Waals surface area contributed by atoms with Crippen LogP contribution in [0.15, 0.2) is 18.2 Å². The van der Waals surface area contributed by atoms with Gasteiger partial charge in [0.05, 0.1) is 11.4 Å². The maximum Gasteiger partial charge on any atom is 0.313 e. The molecule has 2 rings (SSSR count). The number of hydrogen-bond donors (Lipinski definition) is 3. The van der Waals surface area contributed by atoms with E-state index in [0.717, 1.165) is 0 Å². The van der Waals surface area contributed by atoms with E-state index < -0.39 is 5.97 Å². The van der Waals surface area contributed by atoms with Crippen LogP contribution in [0.3, 0.4) is 0 Å². The summed E-state index contributed by atoms with van der Waals surface area (Å²) < 4.78 is 5.23. The van der Waals surface area contributed by atoms with Crippen LogP contribution >= 0.6 is 11.8 Å². The van der Waals surface area contributed by atoms with Gasteiger partial charge in [0.15, 0.2) is 6.61 Å². The van der Waals surface area contributed by atoms with E-state index in [0.29, 0.717) is 29.3 Å². The summed E-state index contributed by atoms with van der Waals surface area (Å²) in [5, 5.41) is 13.8. The van der Waals surface area contributed by atoms with Crippen molar-refractivity contribution in [3.8, 4) is 5.75 Å². The van der Waals surface area contributed by atoms with E-state index in [1.54, 1.807) is 18.2 Å². The average Bonchev–Trinajstić information content (AvgIpc) is 2.45. The number of carbonyl (C=O) groups is 3. The molecule has 0 saturated heterocycles. The highest BCUT2D eigenvalue weighted by Gasteiger charge is 2.17. The number of aliphatic carboxylic acids is 1. The number of hydrogen-bond acceptors (Lipinski definition) is 5. The van der Waals surface area contributed by atoms with E-state index in [-0.39, 0.29) is 24.2 Å². The van der Waals surface area contributed by atoms with Crippen molar-refractivity contribution in [2.45, 2.75) is 0 Å². The first-order valence-corrected chi connectivity index (χ1v) is 7.36. The first-order chi connectivity index (χ1) is 10.1. The molecule has 0 atom stereocenters. The fourth-order valence-corrected chi connectivity index (χ4v) is 2.28. The Balaban J connectivity index is 1.85. The van der Waals surface area contributed by atoms with Gasteiger partial charge < -0.3 is 20.5 Å². The highest BCUT2D eigenvalue weighted by atomic mass is 32.2. The smallest absolute Gasteiger partial charge is 0.313 e. The van der Waals surface area contributed by atoms with E-state index in [4.69, 9.17) is 9.84 Å². The van der Waals surface area contributed by atoms with Crippen LogP contribution in [0.1, 0.15) is 10.4 Å². The molecule has 8 heteroatoms. The van der Waals surface area contributed by atoms with Crippen molar-refractivity contribution in [3.63, 3.8) is 0 Å². The van der Waals surface area contributed by atoms with Gasteiger partial charge in [-0.05, 0) is 18.2 Å². The Kier molecular flexibility index (Phi) is 5.04. The zero-order valence-electron chi connectivity index (χ0n) is 11.0. The molecule has 0 saturated carbocycles. The van der Waals surface area contributed by atoms with Crippen LogP contribution in [0.4, 0.5) is 5.69 Å². The lowest BCUT2D eigenvalue weighted by Gasteiger charge is -2.18. The predicted molar refractivity (Wildman–Crippen MR) is 77.9 cm³/mol. The molecule has 1 aliphatic rings. The summed E-state index contributed by atoms with van der Waals surface area (Å²) in [6.07, 6.45) is 0. The second-order valence-corrected chi connectivity index (χ2v) is 5.36. The number of carboxylic acids is 1. The first-order valence-electron chi connectivity index (χ1n) is 6.20. The molecule has 3 N–H and O–H groups in total. The van der Waals surface area contributed by atoms with E-state index in [1.807, 2.05) is 0 Å². The number of anilines is 1. The Bertz CT molecular complexity index is 576. The third-order valence-corrected chi connectivity index (χ3v) is 3.58. The molecule has 112 valence electrons. The zero-order valence-corrected chi connectivity index (χ0v) is 11.9. The quantitative estimate of drug-likeness (QED) is 0.663. The maximum atomic E-state index is 11.9. The van der Waals surface area contributed by atoms with Crippen LogP contribution in [-0.2, 0) is 9.59 Å². The standard InChI is InChI=1S/C13H14N2O5S/c16-11-6-20-10-5-8(1-2-9(10)15-11)13(19)14-3-4-21-7-12(17)18/h1-2,5H,3-4,6-7H2,(H,14,19)(H,15,16)(H,17,18). The Morgan fingerprint density at radius 2 is 2.24 bits per heavy atom. The summed E-state index contributed by atoms with van der Waals surface area (Å²) in [7, 11) is 0. The highest BCUT2D eigenvalue weighted by molar-refractivity contribution is 7.99. The molecule has 0 unspecified atom stereocenters. The maximum absolute atomic E-state index is 11.9. The number of fused-ring (bicyclic) bond motifs is 1. The van der Waals surface area contributed by atoms with Crippen LogP contribution in [0.25, 0.3) is 0 Å². The number of benzene rings is 1. The summed E-state index contributed by atoms with van der Waals surface area (Å²) in [5.41, 5.74) is 0.966. The van der Waals surface area contributed by atoms with Crippen LogP contribution in [-0.4, -0.2) is 47.5 Å². The van der Waals surface area contributed by atoms with Crippen LogP contribution in [0.2, 0.25) is 0 Å². The molecular formula is C13H14N2O5S. The topological polar surface area (TPSA) is 105 Å². The van der Waals surface area contributed by atoms with E-state index >= 15 is 0 Å². The van der Waals surface area contributed by atoms with Crippen molar-refractivity contribution in [2.24, 2.45) is 0 Å². The van der Waals surface area contributed by atoms with Crippen molar-refractivity contribution in [1.29, 1.82) is 0 Å². The van der Waals surface area contributed by atoms with Gasteiger partial charge in [-0.25, -0.2) is 0 Å². The third kappa shape index (κ3) is 4.38. The minimum Gasteiger partial charge on any atom is -0.482 e. The van der Waals surface area contributed by atoms with Gasteiger partial charge >= 0.3 is 5.97 Å². The van der Waals surface area contributed by atoms with Gasteiger partial charge in [0, 0.05) is 17.9 Å². The molecule has 1 aromatic rings. The summed E-state index contributed by atoms with van der Waals surface area (Å²) in [4.78, 5) is 33.4. The fourth-order valence-electron chi connectivity index (χ4n) is 1.71. The molecule has 0 aromatic heterocycles. The SMILES string of the molecule is O=C(O)CSCCNC(=O)c1ccc2c(c1)OCC(=O)N2. The van der Waals surface area contributed by atoms with Crippen molar-refractivity contribution in [3.05, 3.63) is 23.8 Å². The summed E-state index contributed by atoms with van der Waals surface area (Å²) >= 11 is 1.24. The lowest BCUT2D eigenvalue weighted by molar-refractivity contribution is -0.133. The molecule has 1 aliphatic heterocycles. The van der Waals surface area contributed by atoms with Gasteiger partial charge in [-0.2, -0.15) is 0 Å². The third-order valence-electron chi connectivity index (χ3n) is 2.63. The number of carbonyl (C=O) groups excluding carboxylic acids is 2. The molecule has 0 spiro atoms. The van der Waals surface area contributed by atoms with Gasteiger partial charge in [0.25, 0.3) is 11.8 Å². The lowest BCUT2D eigenvalue weighted by Crippen LogP contribution is -2.28.